The average Bonchev–Trinajstić information content (AvgIpc) is 2.99. The van der Waals surface area contributed by atoms with E-state index in [9.17, 15) is 17.6 Å². The summed E-state index contributed by atoms with van der Waals surface area (Å²) in [6, 6.07) is 3.36. The minimum absolute atomic E-state index is 0.107. The fraction of sp³-hybridized carbons (Fsp3) is 0.300. The Labute approximate surface area is 91.4 Å². The molecule has 16 heavy (non-hydrogen) atoms. The van der Waals surface area contributed by atoms with Crippen molar-refractivity contribution >= 4 is 21.4 Å². The molecule has 1 spiro atoms. The third-order valence-corrected chi connectivity index (χ3v) is 5.65. The van der Waals surface area contributed by atoms with Crippen LogP contribution in [-0.4, -0.2) is 19.1 Å². The van der Waals surface area contributed by atoms with Gasteiger partial charge in [-0.25, -0.2) is 12.8 Å². The molecule has 0 saturated heterocycles. The number of amides is 1. The minimum atomic E-state index is -3.73. The molecule has 6 heteroatoms. The number of hydrogen-bond donors (Lipinski definition) is 1. The molecule has 0 radical (unpaired) electrons. The maximum atomic E-state index is 13.0. The Kier molecular flexibility index (Phi) is 1.60. The summed E-state index contributed by atoms with van der Waals surface area (Å²) < 4.78 is 36.0. The van der Waals surface area contributed by atoms with Crippen LogP contribution in [0.5, 0.6) is 0 Å². The molecule has 0 bridgehead atoms. The second-order valence-corrected chi connectivity index (χ2v) is 6.32. The monoisotopic (exact) mass is 241 g/mol. The van der Waals surface area contributed by atoms with Gasteiger partial charge in [-0.3, -0.25) is 4.79 Å². The van der Waals surface area contributed by atoms with Crippen LogP contribution in [-0.2, 0) is 14.6 Å². The van der Waals surface area contributed by atoms with Gasteiger partial charge in [0.15, 0.2) is 14.6 Å². The molecule has 1 amide bonds. The zero-order valence-corrected chi connectivity index (χ0v) is 8.97. The van der Waals surface area contributed by atoms with E-state index in [1.807, 2.05) is 0 Å². The number of halogens is 1. The van der Waals surface area contributed by atoms with E-state index in [1.54, 1.807) is 0 Å². The van der Waals surface area contributed by atoms with Crippen molar-refractivity contribution in [3.63, 3.8) is 0 Å². The maximum absolute atomic E-state index is 13.0. The van der Waals surface area contributed by atoms with E-state index in [2.05, 4.69) is 5.32 Å². The number of carbonyl (C=O) groups is 1. The summed E-state index contributed by atoms with van der Waals surface area (Å²) in [7, 11) is -3.73. The fourth-order valence-corrected chi connectivity index (χ4v) is 4.03. The molecule has 1 heterocycles. The number of fused-ring (bicyclic) bond motifs is 1. The van der Waals surface area contributed by atoms with Gasteiger partial charge in [0.25, 0.3) is 0 Å². The highest BCUT2D eigenvalue weighted by Crippen LogP contribution is 2.51. The summed E-state index contributed by atoms with van der Waals surface area (Å²) in [4.78, 5) is 11.6. The van der Waals surface area contributed by atoms with Crippen molar-refractivity contribution in [2.45, 2.75) is 22.5 Å². The van der Waals surface area contributed by atoms with Gasteiger partial charge >= 0.3 is 0 Å². The topological polar surface area (TPSA) is 63.2 Å². The lowest BCUT2D eigenvalue weighted by Gasteiger charge is -2.24. The van der Waals surface area contributed by atoms with Crippen LogP contribution in [0.25, 0.3) is 0 Å². The molecule has 1 saturated carbocycles. The minimum Gasteiger partial charge on any atom is -0.324 e. The van der Waals surface area contributed by atoms with Gasteiger partial charge < -0.3 is 5.32 Å². The number of rotatable bonds is 0. The predicted octanol–water partition coefficient (Wildman–Crippen LogP) is 1.08. The molecule has 0 unspecified atom stereocenters. The average molecular weight is 241 g/mol. The number of sulfone groups is 1. The number of anilines is 1. The molecule has 0 aromatic heterocycles. The summed E-state index contributed by atoms with van der Waals surface area (Å²) in [5.41, 5.74) is 0.170. The molecule has 1 N–H and O–H groups in total. The van der Waals surface area contributed by atoms with Gasteiger partial charge in [-0.2, -0.15) is 0 Å². The van der Waals surface area contributed by atoms with Crippen LogP contribution >= 0.6 is 0 Å². The third kappa shape index (κ3) is 0.974. The van der Waals surface area contributed by atoms with Crippen LogP contribution in [0.15, 0.2) is 23.1 Å². The lowest BCUT2D eigenvalue weighted by molar-refractivity contribution is -0.116. The van der Waals surface area contributed by atoms with Crippen molar-refractivity contribution in [2.24, 2.45) is 0 Å². The van der Waals surface area contributed by atoms with Gasteiger partial charge in [-0.05, 0) is 31.0 Å². The normalized spacial score (nSPS) is 23.7. The second kappa shape index (κ2) is 2.63. The van der Waals surface area contributed by atoms with E-state index in [0.717, 1.165) is 12.1 Å². The van der Waals surface area contributed by atoms with E-state index < -0.39 is 26.3 Å². The first-order valence-electron chi connectivity index (χ1n) is 4.83. The van der Waals surface area contributed by atoms with Crippen molar-refractivity contribution in [2.75, 3.05) is 5.32 Å². The molecule has 1 aliphatic heterocycles. The Morgan fingerprint density at radius 3 is 2.62 bits per heavy atom. The molecule has 1 aromatic rings. The van der Waals surface area contributed by atoms with Gasteiger partial charge in [0.2, 0.25) is 5.91 Å². The number of nitrogens with one attached hydrogen (secondary N) is 1. The van der Waals surface area contributed by atoms with E-state index in [4.69, 9.17) is 0 Å². The van der Waals surface area contributed by atoms with Crippen LogP contribution in [0.3, 0.4) is 0 Å². The Balaban J connectivity index is 2.32. The SMILES string of the molecule is O=C1Nc2ccc(F)cc2S(=O)(=O)C12CC2. The van der Waals surface area contributed by atoms with Gasteiger partial charge in [0.1, 0.15) is 5.82 Å². The van der Waals surface area contributed by atoms with Crippen LogP contribution < -0.4 is 5.32 Å². The Hall–Kier alpha value is -1.43. The maximum Gasteiger partial charge on any atom is 0.246 e. The quantitative estimate of drug-likeness (QED) is 0.739. The summed E-state index contributed by atoms with van der Waals surface area (Å²) in [5, 5.41) is 2.51. The zero-order valence-electron chi connectivity index (χ0n) is 8.16. The lowest BCUT2D eigenvalue weighted by atomic mass is 10.2. The van der Waals surface area contributed by atoms with Crippen molar-refractivity contribution in [3.05, 3.63) is 24.0 Å². The lowest BCUT2D eigenvalue weighted by Crippen LogP contribution is -2.41. The Morgan fingerprint density at radius 1 is 1.31 bits per heavy atom. The fourth-order valence-electron chi connectivity index (χ4n) is 2.00. The first kappa shape index (κ1) is 9.77. The van der Waals surface area contributed by atoms with E-state index in [1.165, 1.54) is 6.07 Å². The third-order valence-electron chi connectivity index (χ3n) is 3.11. The molecule has 0 atom stereocenters. The van der Waals surface area contributed by atoms with Gasteiger partial charge in [-0.15, -0.1) is 0 Å². The Bertz CT molecular complexity index is 604. The molecule has 1 aromatic carbocycles. The molecule has 2 aliphatic rings. The Morgan fingerprint density at radius 2 is 2.00 bits per heavy atom. The van der Waals surface area contributed by atoms with Crippen molar-refractivity contribution in [1.82, 2.24) is 0 Å². The first-order chi connectivity index (χ1) is 7.47. The predicted molar refractivity (Wildman–Crippen MR) is 54.2 cm³/mol. The van der Waals surface area contributed by atoms with Gasteiger partial charge in [0.05, 0.1) is 10.6 Å². The molecular weight excluding hydrogens is 233 g/mol. The van der Waals surface area contributed by atoms with Crippen LogP contribution in [0.2, 0.25) is 0 Å². The zero-order chi connectivity index (χ0) is 11.6. The first-order valence-corrected chi connectivity index (χ1v) is 6.31. The van der Waals surface area contributed by atoms with E-state index >= 15 is 0 Å². The summed E-state index contributed by atoms with van der Waals surface area (Å²) in [6.45, 7) is 0. The summed E-state index contributed by atoms with van der Waals surface area (Å²) >= 11 is 0. The molecule has 4 nitrogen and oxygen atoms in total. The van der Waals surface area contributed by atoms with E-state index in [-0.39, 0.29) is 10.6 Å². The largest absolute Gasteiger partial charge is 0.324 e. The highest BCUT2D eigenvalue weighted by molar-refractivity contribution is 7.94. The molecule has 84 valence electrons. The van der Waals surface area contributed by atoms with E-state index in [0.29, 0.717) is 12.8 Å². The van der Waals surface area contributed by atoms with Crippen LogP contribution in [0.1, 0.15) is 12.8 Å². The molecule has 1 fully saturated rings. The van der Waals surface area contributed by atoms with Crippen LogP contribution in [0, 0.1) is 5.82 Å². The van der Waals surface area contributed by atoms with Crippen LogP contribution in [0.4, 0.5) is 10.1 Å². The van der Waals surface area contributed by atoms with Gasteiger partial charge in [-0.1, -0.05) is 0 Å². The number of benzene rings is 1. The molecule has 1 aliphatic carbocycles. The van der Waals surface area contributed by atoms with Crippen molar-refractivity contribution in [3.8, 4) is 0 Å². The summed E-state index contributed by atoms with van der Waals surface area (Å²) in [5.74, 6) is -1.11. The summed E-state index contributed by atoms with van der Waals surface area (Å²) in [6.07, 6.45) is 0.633. The van der Waals surface area contributed by atoms with Crippen molar-refractivity contribution < 1.29 is 17.6 Å². The smallest absolute Gasteiger partial charge is 0.246 e. The van der Waals surface area contributed by atoms with Gasteiger partial charge in [0, 0.05) is 0 Å². The molecular formula is C10H8FNO3S. The highest BCUT2D eigenvalue weighted by Gasteiger charge is 2.63. The standard InChI is InChI=1S/C10H8FNO3S/c11-6-1-2-7-8(5-6)16(14,15)10(3-4-10)9(13)12-7/h1-2,5H,3-4H2,(H,12,13). The highest BCUT2D eigenvalue weighted by atomic mass is 32.2. The molecule has 3 rings (SSSR count). The van der Waals surface area contributed by atoms with Crippen molar-refractivity contribution in [1.29, 1.82) is 0 Å². The number of hydrogen-bond acceptors (Lipinski definition) is 3. The second-order valence-electron chi connectivity index (χ2n) is 4.09. The number of carbonyl (C=O) groups excluding carboxylic acids is 1.